The van der Waals surface area contributed by atoms with E-state index >= 15 is 0 Å². The zero-order valence-corrected chi connectivity index (χ0v) is 25.6. The number of amides is 1. The molecule has 1 heterocycles. The van der Waals surface area contributed by atoms with Gasteiger partial charge in [-0.05, 0) is 66.6 Å². The second-order valence-electron chi connectivity index (χ2n) is 9.71. The molecule has 1 saturated heterocycles. The monoisotopic (exact) mass is 703 g/mol. The van der Waals surface area contributed by atoms with Gasteiger partial charge in [0.05, 0.1) is 47.4 Å². The molecule has 1 amide bonds. The number of hydrogen-bond donors (Lipinski definition) is 0. The van der Waals surface area contributed by atoms with Crippen LogP contribution in [-0.4, -0.2) is 45.5 Å². The van der Waals surface area contributed by atoms with Gasteiger partial charge >= 0.3 is 12.4 Å². The fourth-order valence-corrected chi connectivity index (χ4v) is 6.47. The number of ether oxygens (including phenoxy) is 1. The molecular weight excluding hydrogens is 683 g/mol. The van der Waals surface area contributed by atoms with E-state index in [0.717, 1.165) is 4.90 Å². The number of halogens is 9. The Morgan fingerprint density at radius 1 is 0.932 bits per heavy atom. The Bertz CT molecular complexity index is 1650. The summed E-state index contributed by atoms with van der Waals surface area (Å²) >= 11 is 18.7. The number of benzene rings is 3. The highest BCUT2D eigenvalue weighted by Gasteiger charge is 2.45. The van der Waals surface area contributed by atoms with E-state index in [1.807, 2.05) is 0 Å². The first-order valence-electron chi connectivity index (χ1n) is 12.7. The molecule has 0 spiro atoms. The van der Waals surface area contributed by atoms with Crippen LogP contribution in [-0.2, 0) is 48.2 Å². The SMILES string of the molecule is CCOS(=O)(=O)c1ccc(Cl)cc1C1(c2ccc(Cl)c(Cl)c2)CN(C(=O)Cc2cc(C(F)(F)F)cc(C(F)(F)F)c2)CCO1. The lowest BCUT2D eigenvalue weighted by Crippen LogP contribution is -2.53. The minimum Gasteiger partial charge on any atom is -0.362 e. The van der Waals surface area contributed by atoms with Crippen LogP contribution in [0.1, 0.15) is 34.7 Å². The molecule has 4 rings (SSSR count). The molecule has 1 fully saturated rings. The number of carbonyl (C=O) groups is 1. The quantitative estimate of drug-likeness (QED) is 0.186. The van der Waals surface area contributed by atoms with Gasteiger partial charge in [-0.3, -0.25) is 8.98 Å². The number of alkyl halides is 6. The number of morpholine rings is 1. The second-order valence-corrected chi connectivity index (χ2v) is 12.5. The molecule has 0 aromatic heterocycles. The van der Waals surface area contributed by atoms with Gasteiger partial charge in [0.1, 0.15) is 10.5 Å². The molecule has 0 aliphatic carbocycles. The van der Waals surface area contributed by atoms with E-state index in [2.05, 4.69) is 0 Å². The maximum atomic E-state index is 13.5. The van der Waals surface area contributed by atoms with E-state index < -0.39 is 63.6 Å². The summed E-state index contributed by atoms with van der Waals surface area (Å²) in [6.07, 6.45) is -11.0. The highest BCUT2D eigenvalue weighted by Crippen LogP contribution is 2.43. The first-order chi connectivity index (χ1) is 20.4. The molecule has 44 heavy (non-hydrogen) atoms. The third-order valence-corrected chi connectivity index (χ3v) is 9.20. The summed E-state index contributed by atoms with van der Waals surface area (Å²) < 4.78 is 118. The summed E-state index contributed by atoms with van der Waals surface area (Å²) in [6, 6.07) is 8.98. The van der Waals surface area contributed by atoms with Crippen LogP contribution in [0, 0.1) is 0 Å². The van der Waals surface area contributed by atoms with E-state index in [9.17, 15) is 39.6 Å². The Labute approximate surface area is 263 Å². The van der Waals surface area contributed by atoms with Crippen molar-refractivity contribution in [2.45, 2.75) is 36.2 Å². The lowest BCUT2D eigenvalue weighted by molar-refractivity contribution is -0.147. The molecule has 3 aromatic carbocycles. The van der Waals surface area contributed by atoms with Gasteiger partial charge in [-0.1, -0.05) is 40.9 Å². The first kappa shape index (κ1) is 34.3. The van der Waals surface area contributed by atoms with Crippen molar-refractivity contribution in [3.05, 3.63) is 97.5 Å². The van der Waals surface area contributed by atoms with Crippen LogP contribution in [0.2, 0.25) is 15.1 Å². The molecule has 1 aliphatic heterocycles. The van der Waals surface area contributed by atoms with Gasteiger partial charge in [0.25, 0.3) is 10.1 Å². The Kier molecular flexibility index (Phi) is 9.90. The minimum absolute atomic E-state index is 0.0303. The summed E-state index contributed by atoms with van der Waals surface area (Å²) in [6.45, 7) is 0.470. The maximum Gasteiger partial charge on any atom is 0.416 e. The van der Waals surface area contributed by atoms with Gasteiger partial charge in [0.15, 0.2) is 0 Å². The third kappa shape index (κ3) is 7.29. The highest BCUT2D eigenvalue weighted by molar-refractivity contribution is 7.86. The van der Waals surface area contributed by atoms with Crippen LogP contribution in [0.5, 0.6) is 0 Å². The molecular formula is C28H22Cl3F6NO5S. The second kappa shape index (κ2) is 12.7. The van der Waals surface area contributed by atoms with Crippen molar-refractivity contribution in [3.8, 4) is 0 Å². The van der Waals surface area contributed by atoms with Gasteiger partial charge in [0.2, 0.25) is 5.91 Å². The largest absolute Gasteiger partial charge is 0.416 e. The average Bonchev–Trinajstić information content (AvgIpc) is 2.93. The zero-order valence-electron chi connectivity index (χ0n) is 22.5. The first-order valence-corrected chi connectivity index (χ1v) is 15.3. The summed E-state index contributed by atoms with van der Waals surface area (Å²) in [5.41, 5.74) is -5.26. The lowest BCUT2D eigenvalue weighted by Gasteiger charge is -2.44. The Morgan fingerprint density at radius 3 is 2.14 bits per heavy atom. The van der Waals surface area contributed by atoms with E-state index in [-0.39, 0.29) is 56.9 Å². The number of carbonyl (C=O) groups excluding carboxylic acids is 1. The van der Waals surface area contributed by atoms with Gasteiger partial charge in [-0.2, -0.15) is 34.8 Å². The normalized spacial score (nSPS) is 18.0. The maximum absolute atomic E-state index is 13.5. The molecule has 1 aliphatic rings. The number of hydrogen-bond acceptors (Lipinski definition) is 5. The summed E-state index contributed by atoms with van der Waals surface area (Å²) in [5.74, 6) is -0.846. The Hall–Kier alpha value is -2.55. The smallest absolute Gasteiger partial charge is 0.362 e. The fraction of sp³-hybridized carbons (Fsp3) is 0.321. The summed E-state index contributed by atoms with van der Waals surface area (Å²) in [7, 11) is -4.41. The van der Waals surface area contributed by atoms with Gasteiger partial charge in [0, 0.05) is 17.1 Å². The van der Waals surface area contributed by atoms with Crippen molar-refractivity contribution in [3.63, 3.8) is 0 Å². The Morgan fingerprint density at radius 2 is 1.57 bits per heavy atom. The molecule has 0 saturated carbocycles. The van der Waals surface area contributed by atoms with Crippen molar-refractivity contribution in [1.82, 2.24) is 4.90 Å². The topological polar surface area (TPSA) is 72.9 Å². The van der Waals surface area contributed by atoms with Gasteiger partial charge < -0.3 is 9.64 Å². The van der Waals surface area contributed by atoms with Crippen LogP contribution in [0.15, 0.2) is 59.5 Å². The predicted octanol–water partition coefficient (Wildman–Crippen LogP) is 7.75. The van der Waals surface area contributed by atoms with Crippen molar-refractivity contribution >= 4 is 50.8 Å². The minimum atomic E-state index is -5.10. The molecule has 16 heteroatoms. The van der Waals surface area contributed by atoms with Crippen LogP contribution < -0.4 is 0 Å². The van der Waals surface area contributed by atoms with Crippen molar-refractivity contribution in [1.29, 1.82) is 0 Å². The molecule has 3 aromatic rings. The average molecular weight is 705 g/mol. The van der Waals surface area contributed by atoms with E-state index in [1.165, 1.54) is 43.3 Å². The molecule has 1 atom stereocenters. The van der Waals surface area contributed by atoms with Crippen molar-refractivity contribution in [2.24, 2.45) is 0 Å². The van der Waals surface area contributed by atoms with Crippen LogP contribution in [0.3, 0.4) is 0 Å². The number of rotatable bonds is 7. The molecule has 1 unspecified atom stereocenters. The third-order valence-electron chi connectivity index (χ3n) is 6.78. The van der Waals surface area contributed by atoms with E-state index in [4.69, 9.17) is 43.7 Å². The predicted molar refractivity (Wildman–Crippen MR) is 150 cm³/mol. The Balaban J connectivity index is 1.83. The van der Waals surface area contributed by atoms with Crippen LogP contribution >= 0.6 is 34.8 Å². The molecule has 0 radical (unpaired) electrons. The summed E-state index contributed by atoms with van der Waals surface area (Å²) in [5, 5.41) is 0.286. The van der Waals surface area contributed by atoms with Crippen LogP contribution in [0.25, 0.3) is 0 Å². The standard InChI is InChI=1S/C28H22Cl3F6NO5S/c1-2-43-44(40,41)24-6-4-20(29)14-21(24)26(17-3-5-22(30)23(31)13-17)15-38(7-8-42-26)25(39)11-16-9-18(27(32,33)34)12-19(10-16)28(35,36)37/h3-6,9-10,12-14H,2,7-8,11,15H2,1H3. The van der Waals surface area contributed by atoms with Crippen molar-refractivity contribution < 1.29 is 48.5 Å². The van der Waals surface area contributed by atoms with Crippen molar-refractivity contribution in [2.75, 3.05) is 26.3 Å². The lowest BCUT2D eigenvalue weighted by atomic mass is 9.84. The fourth-order valence-electron chi connectivity index (χ4n) is 4.84. The highest BCUT2D eigenvalue weighted by atomic mass is 35.5. The zero-order chi connectivity index (χ0) is 32.7. The van der Waals surface area contributed by atoms with E-state index in [1.54, 1.807) is 0 Å². The molecule has 0 N–H and O–H groups in total. The molecule has 238 valence electrons. The van der Waals surface area contributed by atoms with E-state index in [0.29, 0.717) is 12.1 Å². The molecule has 6 nitrogen and oxygen atoms in total. The van der Waals surface area contributed by atoms with Gasteiger partial charge in [-0.15, -0.1) is 0 Å². The van der Waals surface area contributed by atoms with Gasteiger partial charge in [-0.25, -0.2) is 0 Å². The van der Waals surface area contributed by atoms with Crippen LogP contribution in [0.4, 0.5) is 26.3 Å². The molecule has 0 bridgehead atoms. The number of nitrogens with zero attached hydrogens (tertiary/aromatic N) is 1. The summed E-state index contributed by atoms with van der Waals surface area (Å²) in [4.78, 5) is 14.3.